The minimum Gasteiger partial charge on any atom is -0.385 e. The highest BCUT2D eigenvalue weighted by Crippen LogP contribution is 2.16. The number of thiazole rings is 1. The lowest BCUT2D eigenvalue weighted by Gasteiger charge is -2.10. The van der Waals surface area contributed by atoms with E-state index in [-0.39, 0.29) is 0 Å². The number of methoxy groups -OCH3 is 1. The SMILES string of the molecule is CCNC(=NCc1nc(C)c(C)s1)NCCCCCOC. The molecule has 1 heterocycles. The summed E-state index contributed by atoms with van der Waals surface area (Å²) in [5, 5.41) is 7.70. The lowest BCUT2D eigenvalue weighted by Crippen LogP contribution is -2.37. The molecule has 0 bridgehead atoms. The smallest absolute Gasteiger partial charge is 0.191 e. The van der Waals surface area contributed by atoms with E-state index in [2.05, 4.69) is 34.5 Å². The van der Waals surface area contributed by atoms with Gasteiger partial charge in [-0.2, -0.15) is 0 Å². The van der Waals surface area contributed by atoms with E-state index in [0.29, 0.717) is 6.54 Å². The number of hydrogen-bond donors (Lipinski definition) is 2. The number of aliphatic imine (C=N–C) groups is 1. The molecule has 1 aromatic rings. The molecular formula is C15H28N4OS. The van der Waals surface area contributed by atoms with Crippen LogP contribution in [0.1, 0.15) is 41.8 Å². The maximum Gasteiger partial charge on any atom is 0.191 e. The van der Waals surface area contributed by atoms with Crippen LogP contribution in [-0.2, 0) is 11.3 Å². The van der Waals surface area contributed by atoms with E-state index in [4.69, 9.17) is 4.74 Å². The fraction of sp³-hybridized carbons (Fsp3) is 0.733. The summed E-state index contributed by atoms with van der Waals surface area (Å²) in [5.74, 6) is 0.870. The van der Waals surface area contributed by atoms with Gasteiger partial charge in [-0.05, 0) is 40.0 Å². The summed E-state index contributed by atoms with van der Waals surface area (Å²) in [5.41, 5.74) is 1.11. The molecule has 2 N–H and O–H groups in total. The molecule has 0 aliphatic rings. The highest BCUT2D eigenvalue weighted by Gasteiger charge is 2.03. The predicted octanol–water partition coefficient (Wildman–Crippen LogP) is 2.63. The van der Waals surface area contributed by atoms with Gasteiger partial charge in [-0.25, -0.2) is 9.98 Å². The maximum atomic E-state index is 5.04. The number of rotatable bonds is 9. The molecule has 120 valence electrons. The van der Waals surface area contributed by atoms with E-state index in [1.165, 1.54) is 11.3 Å². The van der Waals surface area contributed by atoms with E-state index in [1.54, 1.807) is 18.4 Å². The Morgan fingerprint density at radius 3 is 2.67 bits per heavy atom. The Balaban J connectivity index is 2.35. The summed E-state index contributed by atoms with van der Waals surface area (Å²) in [4.78, 5) is 10.4. The molecule has 0 aromatic carbocycles. The molecule has 0 aliphatic heterocycles. The van der Waals surface area contributed by atoms with Gasteiger partial charge in [0.05, 0.1) is 12.2 Å². The number of guanidine groups is 1. The molecule has 6 heteroatoms. The van der Waals surface area contributed by atoms with Crippen molar-refractivity contribution in [3.8, 4) is 0 Å². The fourth-order valence-corrected chi connectivity index (χ4v) is 2.71. The lowest BCUT2D eigenvalue weighted by molar-refractivity contribution is 0.192. The van der Waals surface area contributed by atoms with Gasteiger partial charge in [0.2, 0.25) is 0 Å². The van der Waals surface area contributed by atoms with Crippen molar-refractivity contribution in [3.63, 3.8) is 0 Å². The average molecular weight is 312 g/mol. The predicted molar refractivity (Wildman–Crippen MR) is 90.1 cm³/mol. The Hall–Kier alpha value is -1.14. The molecule has 0 radical (unpaired) electrons. The molecule has 21 heavy (non-hydrogen) atoms. The highest BCUT2D eigenvalue weighted by molar-refractivity contribution is 7.11. The first-order valence-electron chi connectivity index (χ1n) is 7.61. The molecule has 0 fully saturated rings. The van der Waals surface area contributed by atoms with Crippen LogP contribution < -0.4 is 10.6 Å². The van der Waals surface area contributed by atoms with Crippen molar-refractivity contribution in [2.24, 2.45) is 4.99 Å². The van der Waals surface area contributed by atoms with Crippen LogP contribution in [0.5, 0.6) is 0 Å². The molecule has 0 aliphatic carbocycles. The Morgan fingerprint density at radius 2 is 2.05 bits per heavy atom. The van der Waals surface area contributed by atoms with Crippen LogP contribution in [0.15, 0.2) is 4.99 Å². The molecule has 0 spiro atoms. The number of hydrogen-bond acceptors (Lipinski definition) is 4. The van der Waals surface area contributed by atoms with E-state index in [9.17, 15) is 0 Å². The van der Waals surface area contributed by atoms with Gasteiger partial charge in [0, 0.05) is 31.7 Å². The van der Waals surface area contributed by atoms with Crippen LogP contribution in [0.3, 0.4) is 0 Å². The molecular weight excluding hydrogens is 284 g/mol. The van der Waals surface area contributed by atoms with Crippen molar-refractivity contribution in [1.82, 2.24) is 15.6 Å². The lowest BCUT2D eigenvalue weighted by atomic mass is 10.2. The average Bonchev–Trinajstić information content (AvgIpc) is 2.79. The van der Waals surface area contributed by atoms with Crippen molar-refractivity contribution < 1.29 is 4.74 Å². The zero-order chi connectivity index (χ0) is 15.5. The Kier molecular flexibility index (Phi) is 9.01. The third kappa shape index (κ3) is 7.43. The molecule has 0 saturated heterocycles. The number of nitrogens with zero attached hydrogens (tertiary/aromatic N) is 2. The summed E-state index contributed by atoms with van der Waals surface area (Å²) >= 11 is 1.72. The molecule has 0 unspecified atom stereocenters. The summed E-state index contributed by atoms with van der Waals surface area (Å²) in [6.07, 6.45) is 3.41. The van der Waals surface area contributed by atoms with Crippen LogP contribution >= 0.6 is 11.3 Å². The first kappa shape index (κ1) is 17.9. The van der Waals surface area contributed by atoms with Crippen molar-refractivity contribution in [1.29, 1.82) is 0 Å². The summed E-state index contributed by atoms with van der Waals surface area (Å²) in [7, 11) is 1.75. The zero-order valence-electron chi connectivity index (χ0n) is 13.7. The van der Waals surface area contributed by atoms with Gasteiger partial charge >= 0.3 is 0 Å². The second-order valence-electron chi connectivity index (χ2n) is 4.92. The van der Waals surface area contributed by atoms with Gasteiger partial charge in [0.15, 0.2) is 5.96 Å². The molecule has 0 amide bonds. The zero-order valence-corrected chi connectivity index (χ0v) is 14.5. The minimum absolute atomic E-state index is 0.637. The summed E-state index contributed by atoms with van der Waals surface area (Å²) in [6.45, 7) is 9.51. The van der Waals surface area contributed by atoms with Gasteiger partial charge in [-0.3, -0.25) is 0 Å². The van der Waals surface area contributed by atoms with E-state index in [1.807, 2.05) is 6.92 Å². The monoisotopic (exact) mass is 312 g/mol. The van der Waals surface area contributed by atoms with E-state index in [0.717, 1.165) is 49.2 Å². The molecule has 1 aromatic heterocycles. The molecule has 0 atom stereocenters. The largest absolute Gasteiger partial charge is 0.385 e. The highest BCUT2D eigenvalue weighted by atomic mass is 32.1. The van der Waals surface area contributed by atoms with Crippen LogP contribution in [0, 0.1) is 13.8 Å². The van der Waals surface area contributed by atoms with Crippen LogP contribution in [-0.4, -0.2) is 37.7 Å². The third-order valence-electron chi connectivity index (χ3n) is 3.11. The Labute approximate surface area is 132 Å². The van der Waals surface area contributed by atoms with Gasteiger partial charge in [-0.15, -0.1) is 11.3 Å². The minimum atomic E-state index is 0.637. The molecule has 0 saturated carbocycles. The van der Waals surface area contributed by atoms with Crippen LogP contribution in [0.25, 0.3) is 0 Å². The van der Waals surface area contributed by atoms with Gasteiger partial charge in [0.1, 0.15) is 5.01 Å². The number of aromatic nitrogens is 1. The molecule has 5 nitrogen and oxygen atoms in total. The van der Waals surface area contributed by atoms with Crippen molar-refractivity contribution in [3.05, 3.63) is 15.6 Å². The van der Waals surface area contributed by atoms with Gasteiger partial charge in [0.25, 0.3) is 0 Å². The fourth-order valence-electron chi connectivity index (χ4n) is 1.85. The first-order valence-corrected chi connectivity index (χ1v) is 8.43. The van der Waals surface area contributed by atoms with Crippen LogP contribution in [0.4, 0.5) is 0 Å². The van der Waals surface area contributed by atoms with E-state index < -0.39 is 0 Å². The summed E-state index contributed by atoms with van der Waals surface area (Å²) < 4.78 is 5.04. The maximum absolute atomic E-state index is 5.04. The number of aryl methyl sites for hydroxylation is 2. The standard InChI is InChI=1S/C15H28N4OS/c1-5-16-15(17-9-7-6-8-10-20-4)18-11-14-19-12(2)13(3)21-14/h5-11H2,1-4H3,(H2,16,17,18). The number of ether oxygens (including phenoxy) is 1. The summed E-state index contributed by atoms with van der Waals surface area (Å²) in [6, 6.07) is 0. The Morgan fingerprint density at radius 1 is 1.24 bits per heavy atom. The normalized spacial score (nSPS) is 11.7. The quantitative estimate of drug-likeness (QED) is 0.418. The number of nitrogens with one attached hydrogen (secondary N) is 2. The first-order chi connectivity index (χ1) is 10.2. The second kappa shape index (κ2) is 10.6. The van der Waals surface area contributed by atoms with Crippen molar-refractivity contribution >= 4 is 17.3 Å². The van der Waals surface area contributed by atoms with Crippen molar-refractivity contribution in [2.45, 2.75) is 46.6 Å². The number of unbranched alkanes of at least 4 members (excludes halogenated alkanes) is 2. The van der Waals surface area contributed by atoms with Gasteiger partial charge in [-0.1, -0.05) is 0 Å². The van der Waals surface area contributed by atoms with Crippen molar-refractivity contribution in [2.75, 3.05) is 26.8 Å². The van der Waals surface area contributed by atoms with E-state index >= 15 is 0 Å². The second-order valence-corrected chi connectivity index (χ2v) is 6.21. The Bertz CT molecular complexity index is 412. The van der Waals surface area contributed by atoms with Gasteiger partial charge < -0.3 is 15.4 Å². The van der Waals surface area contributed by atoms with Crippen LogP contribution in [0.2, 0.25) is 0 Å². The topological polar surface area (TPSA) is 58.5 Å². The molecule has 1 rings (SSSR count). The third-order valence-corrected chi connectivity index (χ3v) is 4.16.